The quantitative estimate of drug-likeness (QED) is 0.686. The van der Waals surface area contributed by atoms with Gasteiger partial charge in [0.25, 0.3) is 0 Å². The number of nitrogens with zero attached hydrogens (tertiary/aromatic N) is 1. The molecule has 4 heteroatoms. The summed E-state index contributed by atoms with van der Waals surface area (Å²) in [4.78, 5) is 4.68. The Balaban J connectivity index is 1.93. The normalized spacial score (nSPS) is 12.8. The molecular formula is C16H12N2O2. The third kappa shape index (κ3) is 1.58. The van der Waals surface area contributed by atoms with Gasteiger partial charge in [-0.2, -0.15) is 0 Å². The van der Waals surface area contributed by atoms with Gasteiger partial charge in [-0.25, -0.2) is 4.98 Å². The van der Waals surface area contributed by atoms with Crippen LogP contribution >= 0.6 is 0 Å². The summed E-state index contributed by atoms with van der Waals surface area (Å²) in [6.45, 7) is 0.199. The standard InChI is InChI=1S/C16H12N2O2/c17-12-7-6-11(15-16(12)20-9-19-15)14-8-5-10-3-1-2-4-13(10)18-14/h1-8H,9,17H2. The Morgan fingerprint density at radius 1 is 0.900 bits per heavy atom. The minimum Gasteiger partial charge on any atom is -0.453 e. The second kappa shape index (κ2) is 4.13. The maximum absolute atomic E-state index is 5.88. The fraction of sp³-hybridized carbons (Fsp3) is 0.0625. The average Bonchev–Trinajstić information content (AvgIpc) is 2.98. The molecule has 20 heavy (non-hydrogen) atoms. The van der Waals surface area contributed by atoms with Gasteiger partial charge in [0, 0.05) is 10.9 Å². The highest BCUT2D eigenvalue weighted by molar-refractivity contribution is 5.84. The molecule has 1 aromatic heterocycles. The summed E-state index contributed by atoms with van der Waals surface area (Å²) in [6, 6.07) is 15.8. The third-order valence-electron chi connectivity index (χ3n) is 3.42. The molecule has 2 aromatic carbocycles. The average molecular weight is 264 g/mol. The van der Waals surface area contributed by atoms with Crippen LogP contribution in [0, 0.1) is 0 Å². The lowest BCUT2D eigenvalue weighted by Crippen LogP contribution is -1.94. The second-order valence-corrected chi connectivity index (χ2v) is 4.66. The Morgan fingerprint density at radius 2 is 1.75 bits per heavy atom. The summed E-state index contributed by atoms with van der Waals surface area (Å²) in [7, 11) is 0. The molecule has 1 aliphatic rings. The number of aromatic nitrogens is 1. The summed E-state index contributed by atoms with van der Waals surface area (Å²) < 4.78 is 10.9. The highest BCUT2D eigenvalue weighted by atomic mass is 16.7. The van der Waals surface area contributed by atoms with Crippen LogP contribution in [0.1, 0.15) is 0 Å². The number of pyridine rings is 1. The van der Waals surface area contributed by atoms with E-state index >= 15 is 0 Å². The Labute approximate surface area is 115 Å². The minimum absolute atomic E-state index is 0.199. The predicted molar refractivity (Wildman–Crippen MR) is 77.7 cm³/mol. The topological polar surface area (TPSA) is 57.4 Å². The van der Waals surface area contributed by atoms with Crippen LogP contribution in [0.15, 0.2) is 48.5 Å². The van der Waals surface area contributed by atoms with E-state index < -0.39 is 0 Å². The zero-order valence-electron chi connectivity index (χ0n) is 10.7. The Morgan fingerprint density at radius 3 is 2.70 bits per heavy atom. The number of benzene rings is 2. The van der Waals surface area contributed by atoms with E-state index in [9.17, 15) is 0 Å². The van der Waals surface area contributed by atoms with Crippen LogP contribution in [-0.2, 0) is 0 Å². The van der Waals surface area contributed by atoms with Gasteiger partial charge >= 0.3 is 0 Å². The van der Waals surface area contributed by atoms with Crippen molar-refractivity contribution in [2.75, 3.05) is 12.5 Å². The lowest BCUT2D eigenvalue weighted by Gasteiger charge is -2.08. The molecular weight excluding hydrogens is 252 g/mol. The van der Waals surface area contributed by atoms with Crippen LogP contribution in [-0.4, -0.2) is 11.8 Å². The lowest BCUT2D eigenvalue weighted by atomic mass is 10.1. The SMILES string of the molecule is Nc1ccc(-c2ccc3ccccc3n2)c2c1OCO2. The van der Waals surface area contributed by atoms with Gasteiger partial charge in [-0.3, -0.25) is 0 Å². The van der Waals surface area contributed by atoms with Crippen molar-refractivity contribution in [1.82, 2.24) is 4.98 Å². The number of rotatable bonds is 1. The van der Waals surface area contributed by atoms with E-state index in [-0.39, 0.29) is 6.79 Å². The fourth-order valence-corrected chi connectivity index (χ4v) is 2.44. The van der Waals surface area contributed by atoms with Crippen molar-refractivity contribution in [3.05, 3.63) is 48.5 Å². The molecule has 4 rings (SSSR count). The maximum atomic E-state index is 5.88. The number of hydrogen-bond acceptors (Lipinski definition) is 4. The fourth-order valence-electron chi connectivity index (χ4n) is 2.44. The zero-order chi connectivity index (χ0) is 13.5. The van der Waals surface area contributed by atoms with Crippen LogP contribution in [0.2, 0.25) is 0 Å². The second-order valence-electron chi connectivity index (χ2n) is 4.66. The summed E-state index contributed by atoms with van der Waals surface area (Å²) in [6.07, 6.45) is 0. The number of para-hydroxylation sites is 1. The first-order chi connectivity index (χ1) is 9.83. The molecule has 0 saturated heterocycles. The largest absolute Gasteiger partial charge is 0.453 e. The summed E-state index contributed by atoms with van der Waals surface area (Å²) in [5, 5.41) is 1.11. The maximum Gasteiger partial charge on any atom is 0.231 e. The van der Waals surface area contributed by atoms with Gasteiger partial charge in [0.15, 0.2) is 11.5 Å². The molecule has 4 nitrogen and oxygen atoms in total. The van der Waals surface area contributed by atoms with Gasteiger partial charge in [-0.05, 0) is 24.3 Å². The Kier molecular flexibility index (Phi) is 2.29. The first-order valence-electron chi connectivity index (χ1n) is 6.37. The third-order valence-corrected chi connectivity index (χ3v) is 3.42. The number of nitrogens with two attached hydrogens (primary N) is 1. The van der Waals surface area contributed by atoms with Crippen LogP contribution in [0.25, 0.3) is 22.2 Å². The number of ether oxygens (including phenoxy) is 2. The van der Waals surface area contributed by atoms with E-state index in [1.54, 1.807) is 0 Å². The van der Waals surface area contributed by atoms with Gasteiger partial charge in [-0.15, -0.1) is 0 Å². The van der Waals surface area contributed by atoms with Gasteiger partial charge in [0.2, 0.25) is 6.79 Å². The van der Waals surface area contributed by atoms with E-state index in [0.717, 1.165) is 22.2 Å². The van der Waals surface area contributed by atoms with Gasteiger partial charge in [0.05, 0.1) is 16.9 Å². The molecule has 0 unspecified atom stereocenters. The van der Waals surface area contributed by atoms with Crippen molar-refractivity contribution in [3.8, 4) is 22.8 Å². The van der Waals surface area contributed by atoms with Crippen LogP contribution in [0.3, 0.4) is 0 Å². The molecule has 0 bridgehead atoms. The molecule has 0 spiro atoms. The van der Waals surface area contributed by atoms with E-state index in [1.807, 2.05) is 42.5 Å². The van der Waals surface area contributed by atoms with E-state index in [0.29, 0.717) is 17.2 Å². The minimum atomic E-state index is 0.199. The molecule has 1 aliphatic heterocycles. The molecule has 3 aromatic rings. The number of nitrogen functional groups attached to an aromatic ring is 1. The van der Waals surface area contributed by atoms with Gasteiger partial charge in [-0.1, -0.05) is 24.3 Å². The molecule has 0 saturated carbocycles. The van der Waals surface area contributed by atoms with E-state index in [1.165, 1.54) is 0 Å². The number of fused-ring (bicyclic) bond motifs is 2. The molecule has 0 atom stereocenters. The molecule has 2 heterocycles. The first kappa shape index (κ1) is 11.1. The molecule has 98 valence electrons. The van der Waals surface area contributed by atoms with Crippen molar-refractivity contribution >= 4 is 16.6 Å². The highest BCUT2D eigenvalue weighted by Crippen LogP contribution is 2.44. The molecule has 0 radical (unpaired) electrons. The van der Waals surface area contributed by atoms with E-state index in [2.05, 4.69) is 11.1 Å². The summed E-state index contributed by atoms with van der Waals surface area (Å²) in [5.41, 5.74) is 9.18. The van der Waals surface area contributed by atoms with Crippen molar-refractivity contribution < 1.29 is 9.47 Å². The molecule has 0 amide bonds. The van der Waals surface area contributed by atoms with Gasteiger partial charge in [0.1, 0.15) is 0 Å². The number of hydrogen-bond donors (Lipinski definition) is 1. The Bertz CT molecular complexity index is 815. The first-order valence-corrected chi connectivity index (χ1v) is 6.37. The van der Waals surface area contributed by atoms with Crippen molar-refractivity contribution in [1.29, 1.82) is 0 Å². The van der Waals surface area contributed by atoms with Crippen molar-refractivity contribution in [2.45, 2.75) is 0 Å². The zero-order valence-corrected chi connectivity index (χ0v) is 10.7. The predicted octanol–water partition coefficient (Wildman–Crippen LogP) is 3.21. The van der Waals surface area contributed by atoms with Crippen molar-refractivity contribution in [3.63, 3.8) is 0 Å². The van der Waals surface area contributed by atoms with Crippen LogP contribution in [0.5, 0.6) is 11.5 Å². The molecule has 0 fully saturated rings. The molecule has 2 N–H and O–H groups in total. The van der Waals surface area contributed by atoms with Gasteiger partial charge < -0.3 is 15.2 Å². The number of anilines is 1. The summed E-state index contributed by atoms with van der Waals surface area (Å²) >= 11 is 0. The van der Waals surface area contributed by atoms with E-state index in [4.69, 9.17) is 15.2 Å². The Hall–Kier alpha value is -2.75. The summed E-state index contributed by atoms with van der Waals surface area (Å²) in [5.74, 6) is 1.28. The van der Waals surface area contributed by atoms with Crippen LogP contribution < -0.4 is 15.2 Å². The monoisotopic (exact) mass is 264 g/mol. The lowest BCUT2D eigenvalue weighted by molar-refractivity contribution is 0.174. The van der Waals surface area contributed by atoms with Crippen molar-refractivity contribution in [2.24, 2.45) is 0 Å². The van der Waals surface area contributed by atoms with Crippen LogP contribution in [0.4, 0.5) is 5.69 Å². The highest BCUT2D eigenvalue weighted by Gasteiger charge is 2.22. The smallest absolute Gasteiger partial charge is 0.231 e. The molecule has 0 aliphatic carbocycles.